The van der Waals surface area contributed by atoms with Gasteiger partial charge in [0.25, 0.3) is 0 Å². The van der Waals surface area contributed by atoms with Crippen LogP contribution in [0.2, 0.25) is 0 Å². The zero-order chi connectivity index (χ0) is 12.5. The van der Waals surface area contributed by atoms with E-state index in [1.807, 2.05) is 6.92 Å². The van der Waals surface area contributed by atoms with Crippen LogP contribution in [0.15, 0.2) is 6.33 Å². The topological polar surface area (TPSA) is 41.0 Å². The van der Waals surface area contributed by atoms with Gasteiger partial charge in [0.1, 0.15) is 12.1 Å². The second kappa shape index (κ2) is 8.01. The lowest BCUT2D eigenvalue weighted by Gasteiger charge is -2.17. The Hall–Kier alpha value is -1.16. The summed E-state index contributed by atoms with van der Waals surface area (Å²) in [7, 11) is 0. The van der Waals surface area contributed by atoms with Crippen LogP contribution in [0.1, 0.15) is 32.3 Å². The predicted octanol–water partition coefficient (Wildman–Crippen LogP) is 2.12. The van der Waals surface area contributed by atoms with Crippen molar-refractivity contribution in [3.8, 4) is 0 Å². The fourth-order valence-corrected chi connectivity index (χ4v) is 1.75. The zero-order valence-corrected chi connectivity index (χ0v) is 11.2. The molecule has 0 saturated carbocycles. The lowest BCUT2D eigenvalue weighted by molar-refractivity contribution is 0.298. The van der Waals surface area contributed by atoms with Crippen molar-refractivity contribution in [2.24, 2.45) is 0 Å². The zero-order valence-electron chi connectivity index (χ0n) is 11.2. The minimum atomic E-state index is 0.905. The third-order valence-corrected chi connectivity index (χ3v) is 2.92. The molecule has 4 nitrogen and oxygen atoms in total. The molecule has 1 rings (SSSR count). The van der Waals surface area contributed by atoms with Crippen LogP contribution in [0.4, 0.5) is 5.82 Å². The van der Waals surface area contributed by atoms with Crippen LogP contribution in [0, 0.1) is 13.1 Å². The van der Waals surface area contributed by atoms with Crippen LogP contribution in [0.3, 0.4) is 0 Å². The number of hydrogen-bond acceptors (Lipinski definition) is 4. The van der Waals surface area contributed by atoms with E-state index in [1.165, 1.54) is 25.7 Å². The van der Waals surface area contributed by atoms with E-state index in [9.17, 15) is 0 Å². The number of nitrogens with one attached hydrogen (secondary N) is 1. The van der Waals surface area contributed by atoms with Gasteiger partial charge in [0.15, 0.2) is 0 Å². The normalized spacial score (nSPS) is 10.8. The fourth-order valence-electron chi connectivity index (χ4n) is 1.75. The van der Waals surface area contributed by atoms with E-state index < -0.39 is 0 Å². The Morgan fingerprint density at radius 3 is 2.71 bits per heavy atom. The van der Waals surface area contributed by atoms with E-state index in [0.717, 1.165) is 31.0 Å². The van der Waals surface area contributed by atoms with Crippen molar-refractivity contribution in [3.05, 3.63) is 18.1 Å². The number of hydrogen-bond donors (Lipinski definition) is 1. The van der Waals surface area contributed by atoms with E-state index in [4.69, 9.17) is 0 Å². The molecule has 0 aromatic carbocycles. The number of anilines is 1. The average Bonchev–Trinajstić information content (AvgIpc) is 2.36. The summed E-state index contributed by atoms with van der Waals surface area (Å²) in [6, 6.07) is 0. The van der Waals surface area contributed by atoms with Crippen molar-refractivity contribution in [2.45, 2.75) is 33.6 Å². The van der Waals surface area contributed by atoms with Gasteiger partial charge in [0.2, 0.25) is 0 Å². The van der Waals surface area contributed by atoms with E-state index in [1.54, 1.807) is 0 Å². The molecule has 0 bridgehead atoms. The van der Waals surface area contributed by atoms with E-state index in [-0.39, 0.29) is 0 Å². The van der Waals surface area contributed by atoms with Crippen molar-refractivity contribution in [2.75, 3.05) is 31.5 Å². The Balaban J connectivity index is 2.14. The summed E-state index contributed by atoms with van der Waals surface area (Å²) in [4.78, 5) is 10.5. The highest BCUT2D eigenvalue weighted by Crippen LogP contribution is 2.07. The number of aromatic nitrogens is 2. The summed E-state index contributed by atoms with van der Waals surface area (Å²) in [6.07, 6.45) is 6.82. The Morgan fingerprint density at radius 2 is 2.06 bits per heavy atom. The summed E-state index contributed by atoms with van der Waals surface area (Å²) in [5.74, 6) is 0.905. The van der Waals surface area contributed by atoms with Crippen LogP contribution < -0.4 is 5.32 Å². The van der Waals surface area contributed by atoms with Gasteiger partial charge >= 0.3 is 0 Å². The third-order valence-electron chi connectivity index (χ3n) is 2.92. The van der Waals surface area contributed by atoms with Gasteiger partial charge in [-0.3, -0.25) is 0 Å². The Labute approximate surface area is 104 Å². The van der Waals surface area contributed by atoms with Gasteiger partial charge in [-0.15, -0.1) is 0 Å². The van der Waals surface area contributed by atoms with Crippen molar-refractivity contribution in [1.29, 1.82) is 0 Å². The van der Waals surface area contributed by atoms with Gasteiger partial charge in [0.05, 0.1) is 6.20 Å². The maximum Gasteiger partial charge on any atom is 0.132 e. The van der Waals surface area contributed by atoms with Crippen molar-refractivity contribution in [1.82, 2.24) is 14.9 Å². The molecule has 0 atom stereocenters. The molecule has 17 heavy (non-hydrogen) atoms. The monoisotopic (exact) mass is 235 g/mol. The number of nitrogens with zero attached hydrogens (tertiary/aromatic N) is 3. The number of unbranched alkanes of at least 4 members (excludes halogenated alkanes) is 1. The highest BCUT2D eigenvalue weighted by molar-refractivity contribution is 5.40. The molecule has 0 aliphatic rings. The first kappa shape index (κ1) is 13.9. The van der Waals surface area contributed by atoms with Crippen LogP contribution in [0.25, 0.3) is 0 Å². The van der Waals surface area contributed by atoms with Crippen molar-refractivity contribution < 1.29 is 0 Å². The first-order valence-corrected chi connectivity index (χ1v) is 6.43. The second-order valence-electron chi connectivity index (χ2n) is 4.12. The Morgan fingerprint density at radius 1 is 1.29 bits per heavy atom. The molecule has 0 amide bonds. The fraction of sp³-hybridized carbons (Fsp3) is 0.692. The Kier molecular flexibility index (Phi) is 6.55. The first-order chi connectivity index (χ1) is 8.27. The minimum Gasteiger partial charge on any atom is -0.370 e. The lowest BCUT2D eigenvalue weighted by Crippen LogP contribution is -2.24. The van der Waals surface area contributed by atoms with Gasteiger partial charge in [0, 0.05) is 12.1 Å². The summed E-state index contributed by atoms with van der Waals surface area (Å²) in [5, 5.41) is 3.32. The van der Waals surface area contributed by atoms with Gasteiger partial charge in [-0.05, 0) is 39.4 Å². The van der Waals surface area contributed by atoms with Gasteiger partial charge in [-0.1, -0.05) is 13.8 Å². The summed E-state index contributed by atoms with van der Waals surface area (Å²) in [6.45, 7) is 10.8. The minimum absolute atomic E-state index is 0.905. The predicted molar refractivity (Wildman–Crippen MR) is 71.1 cm³/mol. The van der Waals surface area contributed by atoms with Crippen molar-refractivity contribution >= 4 is 5.82 Å². The Bertz CT molecular complexity index is 310. The van der Waals surface area contributed by atoms with Crippen LogP contribution in [0.5, 0.6) is 0 Å². The quantitative estimate of drug-likeness (QED) is 0.701. The third kappa shape index (κ3) is 5.13. The van der Waals surface area contributed by atoms with Gasteiger partial charge < -0.3 is 10.2 Å². The molecule has 1 radical (unpaired) electrons. The molecule has 1 N–H and O–H groups in total. The number of rotatable bonds is 8. The molecule has 0 spiro atoms. The molecule has 0 aliphatic heterocycles. The molecule has 95 valence electrons. The maximum atomic E-state index is 4.18. The van der Waals surface area contributed by atoms with E-state index in [2.05, 4.69) is 40.2 Å². The van der Waals surface area contributed by atoms with E-state index in [0.29, 0.717) is 0 Å². The maximum absolute atomic E-state index is 4.18. The molecule has 0 unspecified atom stereocenters. The highest BCUT2D eigenvalue weighted by Gasteiger charge is 2.00. The average molecular weight is 235 g/mol. The molecule has 0 fully saturated rings. The van der Waals surface area contributed by atoms with Crippen molar-refractivity contribution in [3.63, 3.8) is 0 Å². The summed E-state index contributed by atoms with van der Waals surface area (Å²) in [5.41, 5.74) is 0.983. The highest BCUT2D eigenvalue weighted by atomic mass is 15.1. The molecule has 1 aromatic heterocycles. The van der Waals surface area contributed by atoms with Gasteiger partial charge in [-0.2, -0.15) is 0 Å². The lowest BCUT2D eigenvalue weighted by atomic mass is 10.2. The second-order valence-corrected chi connectivity index (χ2v) is 4.12. The number of aryl methyl sites for hydroxylation is 1. The SMILES string of the molecule is CCN(CC)CCCCNc1ncn[c]c1C. The summed E-state index contributed by atoms with van der Waals surface area (Å²) < 4.78 is 0. The molecular formula is C13H23N4. The van der Waals surface area contributed by atoms with Crippen LogP contribution in [-0.2, 0) is 0 Å². The molecule has 4 heteroatoms. The molecule has 0 saturated heterocycles. The van der Waals surface area contributed by atoms with Crippen LogP contribution in [-0.4, -0.2) is 41.0 Å². The van der Waals surface area contributed by atoms with E-state index >= 15 is 0 Å². The molecular weight excluding hydrogens is 212 g/mol. The standard InChI is InChI=1S/C13H23N4/c1-4-17(5-2)9-7-6-8-15-13-12(3)10-14-11-16-13/h11H,4-9H2,1-3H3,(H,14,15,16). The summed E-state index contributed by atoms with van der Waals surface area (Å²) >= 11 is 0. The molecule has 1 heterocycles. The van der Waals surface area contributed by atoms with Crippen LogP contribution >= 0.6 is 0 Å². The molecule has 0 aliphatic carbocycles. The largest absolute Gasteiger partial charge is 0.370 e. The molecule has 1 aromatic rings. The van der Waals surface area contributed by atoms with Gasteiger partial charge in [-0.25, -0.2) is 9.97 Å². The smallest absolute Gasteiger partial charge is 0.132 e. The first-order valence-electron chi connectivity index (χ1n) is 6.43.